The molecule has 0 saturated carbocycles. The number of nitrogens with two attached hydrogens (primary N) is 2. The van der Waals surface area contributed by atoms with Gasteiger partial charge in [-0.05, 0) is 64.8 Å². The van der Waals surface area contributed by atoms with E-state index in [0.717, 1.165) is 0 Å². The van der Waals surface area contributed by atoms with Gasteiger partial charge in [-0.15, -0.1) is 49.6 Å². The molecule has 0 bridgehead atoms. The van der Waals surface area contributed by atoms with Crippen LogP contribution in [0.5, 0.6) is 0 Å². The van der Waals surface area contributed by atoms with Crippen LogP contribution in [0.3, 0.4) is 0 Å². The van der Waals surface area contributed by atoms with Gasteiger partial charge in [0, 0.05) is 11.0 Å². The maximum Gasteiger partial charge on any atom is 0.0428 e. The quantitative estimate of drug-likeness (QED) is 0.422. The van der Waals surface area contributed by atoms with Gasteiger partial charge in [-0.3, -0.25) is 0 Å². The van der Waals surface area contributed by atoms with E-state index in [0.29, 0.717) is 12.8 Å². The molecule has 0 aliphatic carbocycles. The van der Waals surface area contributed by atoms with Crippen molar-refractivity contribution in [1.82, 2.24) is 10.6 Å². The Morgan fingerprint density at radius 2 is 1.06 bits per heavy atom. The average Bonchev–Trinajstić information content (AvgIpc) is 2.38. The summed E-state index contributed by atoms with van der Waals surface area (Å²) in [5.74, 6) is 0. The van der Waals surface area contributed by atoms with Gasteiger partial charge in [0.25, 0.3) is 0 Å². The van der Waals surface area contributed by atoms with Crippen molar-refractivity contribution >= 4 is 49.6 Å². The molecule has 18 heavy (non-hydrogen) atoms. The molecule has 0 aromatic rings. The molecule has 8 heteroatoms. The Bertz CT molecular complexity index is 321. The van der Waals surface area contributed by atoms with Crippen LogP contribution >= 0.6 is 49.6 Å². The van der Waals surface area contributed by atoms with Crippen LogP contribution in [-0.4, -0.2) is 39.2 Å². The van der Waals surface area contributed by atoms with E-state index in [1.807, 2.05) is 0 Å². The summed E-state index contributed by atoms with van der Waals surface area (Å²) in [4.78, 5) is 0. The third kappa shape index (κ3) is 30.2. The van der Waals surface area contributed by atoms with Crippen molar-refractivity contribution in [3.63, 3.8) is 0 Å². The van der Waals surface area contributed by atoms with Crippen molar-refractivity contribution in [2.24, 2.45) is 11.5 Å². The molecule has 0 spiro atoms. The number of hydrogen-bond donors (Lipinski definition) is 4. The first-order chi connectivity index (χ1) is 9.87. The van der Waals surface area contributed by atoms with Crippen molar-refractivity contribution in [2.45, 2.75) is 25.6 Å². The van der Waals surface area contributed by atoms with E-state index < -0.39 is 25.7 Å². The average molecular weight is 356 g/mol. The molecule has 0 radical (unpaired) electrons. The van der Waals surface area contributed by atoms with E-state index in [-0.39, 0.29) is 75.8 Å². The predicted molar refractivity (Wildman–Crippen MR) is 91.3 cm³/mol. The topological polar surface area (TPSA) is 76.1 Å². The van der Waals surface area contributed by atoms with Gasteiger partial charge in [0.05, 0.1) is 0 Å². The van der Waals surface area contributed by atoms with Crippen LogP contribution in [-0.2, 0) is 0 Å². The second-order valence-electron chi connectivity index (χ2n) is 2.64. The summed E-state index contributed by atoms with van der Waals surface area (Å²) in [6.45, 7) is -4.87. The van der Waals surface area contributed by atoms with E-state index >= 15 is 0 Å². The van der Waals surface area contributed by atoms with E-state index in [9.17, 15) is 0 Å². The minimum absolute atomic E-state index is 0. The van der Waals surface area contributed by atoms with Crippen LogP contribution in [0.25, 0.3) is 0 Å². The fraction of sp³-hybridized carbons (Fsp3) is 1.00. The maximum atomic E-state index is 7.82. The molecule has 4 nitrogen and oxygen atoms in total. The number of nitrogens with one attached hydrogen (secondary N) is 2. The maximum absolute atomic E-state index is 7.82. The first kappa shape index (κ1) is 12.7. The van der Waals surface area contributed by atoms with Crippen LogP contribution in [0.15, 0.2) is 0 Å². The van der Waals surface area contributed by atoms with Gasteiger partial charge >= 0.3 is 0 Å². The summed E-state index contributed by atoms with van der Waals surface area (Å²) in [5, 5.41) is 4.54. The smallest absolute Gasteiger partial charge is 0.0428 e. The minimum atomic E-state index is -3.13. The van der Waals surface area contributed by atoms with Crippen LogP contribution < -0.4 is 22.1 Å². The Morgan fingerprint density at radius 1 is 0.722 bits per heavy atom. The molecule has 118 valence electrons. The highest BCUT2D eigenvalue weighted by molar-refractivity contribution is 5.86. The summed E-state index contributed by atoms with van der Waals surface area (Å²) >= 11 is 0. The van der Waals surface area contributed by atoms with Crippen molar-refractivity contribution in [3.8, 4) is 0 Å². The minimum Gasteiger partial charge on any atom is -0.330 e. The standard InChI is InChI=1S/C10H26N4.4ClH/c11-5-3-9-13-7-1-2-8-14-10-4-6-12;;;;/h13-14H,1-12H2;4*1H/i1D2,2D2,7D2,8D2;;;;. The molecule has 0 aromatic heterocycles. The molecule has 6 N–H and O–H groups in total. The van der Waals surface area contributed by atoms with E-state index in [4.69, 9.17) is 22.4 Å². The lowest BCUT2D eigenvalue weighted by Gasteiger charge is -2.04. The molecule has 0 rings (SSSR count). The van der Waals surface area contributed by atoms with Gasteiger partial charge in [-0.1, -0.05) is 0 Å². The SMILES string of the molecule is Cl.Cl.Cl.Cl.[2H]C([2H])(NCCCN)C([2H])([2H])C([2H])([2H])C([2H])([2H])NCCCN. The molecule has 0 saturated heterocycles. The second-order valence-corrected chi connectivity index (χ2v) is 2.64. The molecule has 0 atom stereocenters. The molecular weight excluding hydrogens is 318 g/mol. The van der Waals surface area contributed by atoms with Gasteiger partial charge in [0.1, 0.15) is 0 Å². The predicted octanol–water partition coefficient (Wildman–Crippen LogP) is 1.33. The summed E-state index contributed by atoms with van der Waals surface area (Å²) < 4.78 is 62.3. The highest BCUT2D eigenvalue weighted by Crippen LogP contribution is 1.84. The number of halogens is 4. The highest BCUT2D eigenvalue weighted by atomic mass is 35.5. The molecule has 0 heterocycles. The van der Waals surface area contributed by atoms with E-state index in [1.54, 1.807) is 0 Å². The molecule has 0 aliphatic rings. The van der Waals surface area contributed by atoms with Crippen molar-refractivity contribution < 1.29 is 11.0 Å². The Kier molecular flexibility index (Phi) is 21.8. The Morgan fingerprint density at radius 3 is 1.33 bits per heavy atom. The Labute approximate surface area is 148 Å². The van der Waals surface area contributed by atoms with Gasteiger partial charge in [0.15, 0.2) is 0 Å². The molecule has 0 aromatic carbocycles. The lowest BCUT2D eigenvalue weighted by atomic mass is 10.3. The molecular formula is C10H30Cl4N4. The summed E-state index contributed by atoms with van der Waals surface area (Å²) in [5.41, 5.74) is 10.6. The van der Waals surface area contributed by atoms with Crippen LogP contribution in [0, 0.1) is 0 Å². The van der Waals surface area contributed by atoms with Crippen LogP contribution in [0.4, 0.5) is 0 Å². The highest BCUT2D eigenvalue weighted by Gasteiger charge is 1.89. The Hall–Kier alpha value is 1.000. The van der Waals surface area contributed by atoms with Gasteiger partial charge < -0.3 is 22.1 Å². The summed E-state index contributed by atoms with van der Waals surface area (Å²) in [7, 11) is 0. The van der Waals surface area contributed by atoms with Crippen LogP contribution in [0.1, 0.15) is 36.6 Å². The normalized spacial score (nSPS) is 18.1. The third-order valence-corrected chi connectivity index (χ3v) is 1.38. The monoisotopic (exact) mass is 354 g/mol. The van der Waals surface area contributed by atoms with Crippen molar-refractivity contribution in [3.05, 3.63) is 0 Å². The first-order valence-electron chi connectivity index (χ1n) is 8.77. The largest absolute Gasteiger partial charge is 0.330 e. The zero-order valence-electron chi connectivity index (χ0n) is 18.0. The lowest BCUT2D eigenvalue weighted by Crippen LogP contribution is -2.22. The second kappa shape index (κ2) is 30.8. The zero-order chi connectivity index (χ0) is 17.7. The van der Waals surface area contributed by atoms with Gasteiger partial charge in [-0.2, -0.15) is 0 Å². The molecule has 0 fully saturated rings. The fourth-order valence-corrected chi connectivity index (χ4v) is 0.657. The van der Waals surface area contributed by atoms with Crippen LogP contribution in [0.2, 0.25) is 0 Å². The van der Waals surface area contributed by atoms with Crippen molar-refractivity contribution in [1.29, 1.82) is 0 Å². The summed E-state index contributed by atoms with van der Waals surface area (Å²) in [6, 6.07) is 0. The Balaban J connectivity index is -0.000000367. The molecule has 0 unspecified atom stereocenters. The lowest BCUT2D eigenvalue weighted by molar-refractivity contribution is 0.570. The fourth-order valence-electron chi connectivity index (χ4n) is 0.657. The van der Waals surface area contributed by atoms with E-state index in [1.165, 1.54) is 0 Å². The molecule has 0 amide bonds. The van der Waals surface area contributed by atoms with Crippen molar-refractivity contribution in [2.75, 3.05) is 39.2 Å². The van der Waals surface area contributed by atoms with Gasteiger partial charge in [0.2, 0.25) is 0 Å². The summed E-state index contributed by atoms with van der Waals surface area (Å²) in [6.07, 6.45) is -5.48. The van der Waals surface area contributed by atoms with Gasteiger partial charge in [-0.25, -0.2) is 0 Å². The first-order valence-corrected chi connectivity index (χ1v) is 4.77. The number of hydrogen-bond acceptors (Lipinski definition) is 4. The molecule has 0 aliphatic heterocycles. The number of rotatable bonds is 11. The zero-order valence-corrected chi connectivity index (χ0v) is 13.3. The third-order valence-electron chi connectivity index (χ3n) is 1.38. The van der Waals surface area contributed by atoms with E-state index in [2.05, 4.69) is 10.6 Å².